The van der Waals surface area contributed by atoms with Gasteiger partial charge in [-0.05, 0) is 37.0 Å². The minimum atomic E-state index is 0.671. The number of nitrogens with one attached hydrogen (secondary N) is 1. The standard InChI is InChI=1S/C18H22N6/c1-3-15-11-17(20-10-6-7-14-12-21-24(2)13-14)23-18(22-15)16-8-4-5-9-19-16/h4-5,8-9,11-13H,3,6-7,10H2,1-2H3,(H,20,22,23). The Morgan fingerprint density at radius 1 is 1.21 bits per heavy atom. The molecule has 0 amide bonds. The molecule has 24 heavy (non-hydrogen) atoms. The monoisotopic (exact) mass is 322 g/mol. The highest BCUT2D eigenvalue weighted by Gasteiger charge is 2.07. The Kier molecular flexibility index (Phi) is 5.15. The molecule has 3 heterocycles. The summed E-state index contributed by atoms with van der Waals surface area (Å²) in [6, 6.07) is 7.79. The van der Waals surface area contributed by atoms with Gasteiger partial charge in [0.25, 0.3) is 0 Å². The topological polar surface area (TPSA) is 68.5 Å². The van der Waals surface area contributed by atoms with Crippen LogP contribution in [0.15, 0.2) is 42.9 Å². The maximum atomic E-state index is 4.60. The van der Waals surface area contributed by atoms with Crippen LogP contribution in [0, 0.1) is 0 Å². The number of pyridine rings is 1. The van der Waals surface area contributed by atoms with Crippen LogP contribution >= 0.6 is 0 Å². The zero-order valence-electron chi connectivity index (χ0n) is 14.1. The van der Waals surface area contributed by atoms with Crippen molar-refractivity contribution in [2.45, 2.75) is 26.2 Å². The zero-order valence-corrected chi connectivity index (χ0v) is 14.1. The summed E-state index contributed by atoms with van der Waals surface area (Å²) in [5.74, 6) is 1.53. The molecule has 0 radical (unpaired) electrons. The Morgan fingerprint density at radius 3 is 2.83 bits per heavy atom. The lowest BCUT2D eigenvalue weighted by atomic mass is 10.2. The van der Waals surface area contributed by atoms with E-state index in [1.54, 1.807) is 6.20 Å². The number of rotatable bonds is 7. The maximum Gasteiger partial charge on any atom is 0.180 e. The summed E-state index contributed by atoms with van der Waals surface area (Å²) < 4.78 is 1.83. The number of aryl methyl sites for hydroxylation is 3. The van der Waals surface area contributed by atoms with E-state index in [0.717, 1.165) is 43.0 Å². The molecule has 0 bridgehead atoms. The largest absolute Gasteiger partial charge is 0.370 e. The molecule has 0 unspecified atom stereocenters. The zero-order chi connectivity index (χ0) is 16.8. The normalized spacial score (nSPS) is 10.8. The van der Waals surface area contributed by atoms with Crippen molar-refractivity contribution in [3.63, 3.8) is 0 Å². The smallest absolute Gasteiger partial charge is 0.180 e. The predicted molar refractivity (Wildman–Crippen MR) is 94.7 cm³/mol. The molecule has 1 N–H and O–H groups in total. The summed E-state index contributed by atoms with van der Waals surface area (Å²) >= 11 is 0. The molecule has 0 atom stereocenters. The van der Waals surface area contributed by atoms with E-state index in [4.69, 9.17) is 0 Å². The highest BCUT2D eigenvalue weighted by molar-refractivity contribution is 5.52. The Balaban J connectivity index is 1.64. The first-order valence-corrected chi connectivity index (χ1v) is 8.25. The Bertz CT molecular complexity index is 781. The van der Waals surface area contributed by atoms with E-state index in [2.05, 4.69) is 38.5 Å². The van der Waals surface area contributed by atoms with Crippen LogP contribution in [-0.2, 0) is 19.9 Å². The fourth-order valence-corrected chi connectivity index (χ4v) is 2.49. The van der Waals surface area contributed by atoms with Crippen molar-refractivity contribution in [3.05, 3.63) is 54.1 Å². The van der Waals surface area contributed by atoms with Gasteiger partial charge >= 0.3 is 0 Å². The molecule has 124 valence electrons. The second-order valence-electron chi connectivity index (χ2n) is 5.69. The molecule has 0 spiro atoms. The molecule has 0 aliphatic heterocycles. The second-order valence-corrected chi connectivity index (χ2v) is 5.69. The lowest BCUT2D eigenvalue weighted by molar-refractivity contribution is 0.765. The van der Waals surface area contributed by atoms with Crippen molar-refractivity contribution in [2.75, 3.05) is 11.9 Å². The average molecular weight is 322 g/mol. The van der Waals surface area contributed by atoms with Gasteiger partial charge in [-0.25, -0.2) is 9.97 Å². The van der Waals surface area contributed by atoms with E-state index in [9.17, 15) is 0 Å². The molecule has 0 aromatic carbocycles. The van der Waals surface area contributed by atoms with E-state index in [1.165, 1.54) is 5.56 Å². The molecule has 0 aliphatic rings. The predicted octanol–water partition coefficient (Wildman–Crippen LogP) is 2.88. The van der Waals surface area contributed by atoms with Crippen LogP contribution in [0.5, 0.6) is 0 Å². The van der Waals surface area contributed by atoms with Gasteiger partial charge in [-0.1, -0.05) is 13.0 Å². The lowest BCUT2D eigenvalue weighted by Crippen LogP contribution is -2.07. The highest BCUT2D eigenvalue weighted by Crippen LogP contribution is 2.16. The third-order valence-corrected chi connectivity index (χ3v) is 3.74. The van der Waals surface area contributed by atoms with Crippen molar-refractivity contribution < 1.29 is 0 Å². The fourth-order valence-electron chi connectivity index (χ4n) is 2.49. The average Bonchev–Trinajstić information content (AvgIpc) is 3.04. The second kappa shape index (κ2) is 7.68. The van der Waals surface area contributed by atoms with Crippen molar-refractivity contribution in [3.8, 4) is 11.5 Å². The van der Waals surface area contributed by atoms with Crippen molar-refractivity contribution in [1.82, 2.24) is 24.7 Å². The summed E-state index contributed by atoms with van der Waals surface area (Å²) in [5.41, 5.74) is 3.07. The van der Waals surface area contributed by atoms with Crippen LogP contribution in [-0.4, -0.2) is 31.3 Å². The SMILES string of the molecule is CCc1cc(NCCCc2cnn(C)c2)nc(-c2ccccn2)n1. The Hall–Kier alpha value is -2.76. The quantitative estimate of drug-likeness (QED) is 0.677. The van der Waals surface area contributed by atoms with Crippen molar-refractivity contribution in [2.24, 2.45) is 7.05 Å². The van der Waals surface area contributed by atoms with Gasteiger partial charge in [-0.15, -0.1) is 0 Å². The molecule has 0 saturated heterocycles. The Morgan fingerprint density at radius 2 is 2.12 bits per heavy atom. The number of hydrogen-bond acceptors (Lipinski definition) is 5. The molecule has 6 heteroatoms. The molecule has 0 saturated carbocycles. The van der Waals surface area contributed by atoms with Gasteiger partial charge < -0.3 is 5.32 Å². The van der Waals surface area contributed by atoms with E-state index < -0.39 is 0 Å². The molecule has 3 aromatic heterocycles. The molecule has 3 aromatic rings. The van der Waals surface area contributed by atoms with Crippen molar-refractivity contribution >= 4 is 5.82 Å². The number of hydrogen-bond donors (Lipinski definition) is 1. The van der Waals surface area contributed by atoms with E-state index >= 15 is 0 Å². The van der Waals surface area contributed by atoms with Crippen LogP contribution in [0.25, 0.3) is 11.5 Å². The van der Waals surface area contributed by atoms with E-state index in [-0.39, 0.29) is 0 Å². The van der Waals surface area contributed by atoms with Gasteiger partial charge in [-0.2, -0.15) is 5.10 Å². The molecule has 3 rings (SSSR count). The van der Waals surface area contributed by atoms with Crippen molar-refractivity contribution in [1.29, 1.82) is 0 Å². The van der Waals surface area contributed by atoms with Crippen LogP contribution in [0.2, 0.25) is 0 Å². The minimum absolute atomic E-state index is 0.671. The number of nitrogens with zero attached hydrogens (tertiary/aromatic N) is 5. The minimum Gasteiger partial charge on any atom is -0.370 e. The van der Waals surface area contributed by atoms with Crippen LogP contribution in [0.3, 0.4) is 0 Å². The van der Waals surface area contributed by atoms with Gasteiger partial charge in [0.2, 0.25) is 0 Å². The fraction of sp³-hybridized carbons (Fsp3) is 0.333. The number of aromatic nitrogens is 5. The van der Waals surface area contributed by atoms with Crippen LogP contribution in [0.1, 0.15) is 24.6 Å². The molecule has 0 aliphatic carbocycles. The third-order valence-electron chi connectivity index (χ3n) is 3.74. The summed E-state index contributed by atoms with van der Waals surface area (Å²) in [7, 11) is 1.94. The van der Waals surface area contributed by atoms with Gasteiger partial charge in [-0.3, -0.25) is 9.67 Å². The first kappa shape index (κ1) is 16.1. The Labute approximate surface area is 142 Å². The molecule has 6 nitrogen and oxygen atoms in total. The molecular formula is C18H22N6. The molecular weight excluding hydrogens is 300 g/mol. The van der Waals surface area contributed by atoms with Crippen LogP contribution in [0.4, 0.5) is 5.82 Å². The summed E-state index contributed by atoms with van der Waals surface area (Å²) in [5, 5.41) is 7.59. The highest BCUT2D eigenvalue weighted by atomic mass is 15.2. The summed E-state index contributed by atoms with van der Waals surface area (Å²) in [6.45, 7) is 2.95. The van der Waals surface area contributed by atoms with E-state index in [0.29, 0.717) is 5.82 Å². The summed E-state index contributed by atoms with van der Waals surface area (Å²) in [4.78, 5) is 13.5. The third kappa shape index (κ3) is 4.16. The number of anilines is 1. The van der Waals surface area contributed by atoms with Gasteiger partial charge in [0.15, 0.2) is 5.82 Å². The van der Waals surface area contributed by atoms with Crippen LogP contribution < -0.4 is 5.32 Å². The maximum absolute atomic E-state index is 4.60. The first-order chi connectivity index (χ1) is 11.7. The first-order valence-electron chi connectivity index (χ1n) is 8.25. The lowest BCUT2D eigenvalue weighted by Gasteiger charge is -2.09. The summed E-state index contributed by atoms with van der Waals surface area (Å²) in [6.07, 6.45) is 8.62. The van der Waals surface area contributed by atoms with E-state index in [1.807, 2.05) is 42.2 Å². The van der Waals surface area contributed by atoms with Gasteiger partial charge in [0, 0.05) is 37.7 Å². The molecule has 0 fully saturated rings. The van der Waals surface area contributed by atoms with Gasteiger partial charge in [0.05, 0.1) is 6.20 Å². The van der Waals surface area contributed by atoms with Gasteiger partial charge in [0.1, 0.15) is 11.5 Å².